The molecular weight excluding hydrogens is 278 g/mol. The van der Waals surface area contributed by atoms with Crippen LogP contribution in [0, 0.1) is 0 Å². The fourth-order valence-corrected chi connectivity index (χ4v) is 3.08. The van der Waals surface area contributed by atoms with Gasteiger partial charge in [0.25, 0.3) is 0 Å². The zero-order valence-electron chi connectivity index (χ0n) is 10.9. The number of thiophene rings is 1. The summed E-state index contributed by atoms with van der Waals surface area (Å²) < 4.78 is 0. The summed E-state index contributed by atoms with van der Waals surface area (Å²) in [6.45, 7) is 1.52. The molecule has 1 atom stereocenters. The van der Waals surface area contributed by atoms with Gasteiger partial charge in [-0.3, -0.25) is 0 Å². The van der Waals surface area contributed by atoms with Gasteiger partial charge in [0.05, 0.1) is 11.1 Å². The molecule has 0 fully saturated rings. The monoisotopic (exact) mass is 295 g/mol. The predicted octanol–water partition coefficient (Wildman–Crippen LogP) is 3.61. The van der Waals surface area contributed by atoms with Crippen molar-refractivity contribution in [3.05, 3.63) is 57.2 Å². The molecule has 1 aromatic carbocycles. The van der Waals surface area contributed by atoms with E-state index < -0.39 is 6.10 Å². The van der Waals surface area contributed by atoms with Gasteiger partial charge in [-0.05, 0) is 30.0 Å². The molecule has 4 heteroatoms. The highest BCUT2D eigenvalue weighted by atomic mass is 35.5. The predicted molar refractivity (Wildman–Crippen MR) is 81.9 cm³/mol. The van der Waals surface area contributed by atoms with E-state index in [0.717, 1.165) is 23.6 Å². The molecule has 0 saturated heterocycles. The van der Waals surface area contributed by atoms with Gasteiger partial charge in [0, 0.05) is 18.5 Å². The number of aliphatic hydroxyl groups excluding tert-OH is 1. The summed E-state index contributed by atoms with van der Waals surface area (Å²) in [6.07, 6.45) is 0.476. The van der Waals surface area contributed by atoms with E-state index in [1.54, 1.807) is 11.3 Å². The van der Waals surface area contributed by atoms with E-state index in [1.807, 2.05) is 42.8 Å². The first-order chi connectivity index (χ1) is 9.16. The summed E-state index contributed by atoms with van der Waals surface area (Å²) in [6, 6.07) is 9.76. The molecule has 2 nitrogen and oxygen atoms in total. The zero-order chi connectivity index (χ0) is 13.7. The maximum Gasteiger partial charge on any atom is 0.0916 e. The molecule has 102 valence electrons. The molecule has 0 radical (unpaired) electrons. The van der Waals surface area contributed by atoms with E-state index in [-0.39, 0.29) is 0 Å². The lowest BCUT2D eigenvalue weighted by atomic mass is 10.1. The lowest BCUT2D eigenvalue weighted by Gasteiger charge is -2.20. The molecule has 0 spiro atoms. The molecule has 0 aliphatic carbocycles. The number of hydrogen-bond acceptors (Lipinski definition) is 3. The van der Waals surface area contributed by atoms with Crippen LogP contribution in [0.5, 0.6) is 0 Å². The van der Waals surface area contributed by atoms with Crippen molar-refractivity contribution in [2.45, 2.75) is 12.5 Å². The second-order valence-corrected chi connectivity index (χ2v) is 5.83. The smallest absolute Gasteiger partial charge is 0.0916 e. The SMILES string of the molecule is CN(CCc1cscc1Cl)CC(O)c1ccccc1. The first-order valence-electron chi connectivity index (χ1n) is 6.29. The van der Waals surface area contributed by atoms with E-state index in [0.29, 0.717) is 6.54 Å². The maximum absolute atomic E-state index is 10.1. The minimum absolute atomic E-state index is 0.441. The normalized spacial score (nSPS) is 12.8. The lowest BCUT2D eigenvalue weighted by Crippen LogP contribution is -2.26. The summed E-state index contributed by atoms with van der Waals surface area (Å²) in [5.74, 6) is 0. The van der Waals surface area contributed by atoms with Gasteiger partial charge in [0.1, 0.15) is 0 Å². The van der Waals surface area contributed by atoms with Crippen LogP contribution in [-0.2, 0) is 6.42 Å². The third kappa shape index (κ3) is 4.32. The first kappa shape index (κ1) is 14.5. The van der Waals surface area contributed by atoms with Gasteiger partial charge in [0.15, 0.2) is 0 Å². The summed E-state index contributed by atoms with van der Waals surface area (Å²) >= 11 is 7.70. The van der Waals surface area contributed by atoms with E-state index in [2.05, 4.69) is 10.3 Å². The number of likely N-dealkylation sites (N-methyl/N-ethyl adjacent to an activating group) is 1. The van der Waals surface area contributed by atoms with E-state index >= 15 is 0 Å². The van der Waals surface area contributed by atoms with Gasteiger partial charge in [-0.15, -0.1) is 0 Å². The van der Waals surface area contributed by atoms with Crippen LogP contribution >= 0.6 is 22.9 Å². The Morgan fingerprint density at radius 1 is 1.26 bits per heavy atom. The van der Waals surface area contributed by atoms with Gasteiger partial charge in [-0.2, -0.15) is 11.3 Å². The van der Waals surface area contributed by atoms with Gasteiger partial charge >= 0.3 is 0 Å². The molecule has 1 aromatic heterocycles. The van der Waals surface area contributed by atoms with Gasteiger partial charge < -0.3 is 10.0 Å². The summed E-state index contributed by atoms with van der Waals surface area (Å²) in [4.78, 5) is 2.13. The largest absolute Gasteiger partial charge is 0.387 e. The average molecular weight is 296 g/mol. The maximum atomic E-state index is 10.1. The Balaban J connectivity index is 1.81. The van der Waals surface area contributed by atoms with Crippen molar-refractivity contribution in [2.24, 2.45) is 0 Å². The topological polar surface area (TPSA) is 23.5 Å². The van der Waals surface area contributed by atoms with Gasteiger partial charge in [-0.1, -0.05) is 41.9 Å². The van der Waals surface area contributed by atoms with Crippen molar-refractivity contribution in [2.75, 3.05) is 20.1 Å². The van der Waals surface area contributed by atoms with E-state index in [9.17, 15) is 5.11 Å². The van der Waals surface area contributed by atoms with Crippen LogP contribution in [0.2, 0.25) is 5.02 Å². The highest BCUT2D eigenvalue weighted by Gasteiger charge is 2.11. The molecule has 0 aliphatic heterocycles. The Bertz CT molecular complexity index is 500. The number of rotatable bonds is 6. The quantitative estimate of drug-likeness (QED) is 0.880. The summed E-state index contributed by atoms with van der Waals surface area (Å²) in [5, 5.41) is 15.0. The third-order valence-electron chi connectivity index (χ3n) is 3.12. The van der Waals surface area contributed by atoms with Crippen LogP contribution in [0.25, 0.3) is 0 Å². The van der Waals surface area contributed by atoms with Crippen LogP contribution in [0.4, 0.5) is 0 Å². The Morgan fingerprint density at radius 2 is 2.00 bits per heavy atom. The molecule has 1 heterocycles. The van der Waals surface area contributed by atoms with Crippen molar-refractivity contribution < 1.29 is 5.11 Å². The number of hydrogen-bond donors (Lipinski definition) is 1. The molecule has 1 N–H and O–H groups in total. The number of halogens is 1. The minimum atomic E-state index is -0.441. The molecule has 0 bridgehead atoms. The Hall–Kier alpha value is -0.870. The van der Waals surface area contributed by atoms with Gasteiger partial charge in [0.2, 0.25) is 0 Å². The van der Waals surface area contributed by atoms with Gasteiger partial charge in [-0.25, -0.2) is 0 Å². The zero-order valence-corrected chi connectivity index (χ0v) is 12.5. The summed E-state index contributed by atoms with van der Waals surface area (Å²) in [5.41, 5.74) is 2.15. The second-order valence-electron chi connectivity index (χ2n) is 4.68. The molecule has 2 rings (SSSR count). The van der Waals surface area contributed by atoms with Crippen LogP contribution in [-0.4, -0.2) is 30.1 Å². The van der Waals surface area contributed by atoms with Crippen LogP contribution in [0.15, 0.2) is 41.1 Å². The molecule has 19 heavy (non-hydrogen) atoms. The Morgan fingerprint density at radius 3 is 2.63 bits per heavy atom. The molecule has 1 unspecified atom stereocenters. The fourth-order valence-electron chi connectivity index (χ4n) is 1.96. The standard InChI is InChI=1S/C15H18ClNOS/c1-17(8-7-13-10-19-11-14(13)16)9-15(18)12-5-3-2-4-6-12/h2-6,10-11,15,18H,7-9H2,1H3. The number of aliphatic hydroxyl groups is 1. The average Bonchev–Trinajstić information content (AvgIpc) is 2.83. The number of nitrogens with zero attached hydrogens (tertiary/aromatic N) is 1. The van der Waals surface area contributed by atoms with Crippen molar-refractivity contribution in [3.8, 4) is 0 Å². The molecular formula is C15H18ClNOS. The van der Waals surface area contributed by atoms with Crippen LogP contribution in [0.1, 0.15) is 17.2 Å². The van der Waals surface area contributed by atoms with E-state index in [4.69, 9.17) is 11.6 Å². The van der Waals surface area contributed by atoms with Crippen LogP contribution in [0.3, 0.4) is 0 Å². The lowest BCUT2D eigenvalue weighted by molar-refractivity contribution is 0.127. The van der Waals surface area contributed by atoms with Crippen molar-refractivity contribution >= 4 is 22.9 Å². The summed E-state index contributed by atoms with van der Waals surface area (Å²) in [7, 11) is 2.02. The molecule has 0 aliphatic rings. The highest BCUT2D eigenvalue weighted by Crippen LogP contribution is 2.21. The van der Waals surface area contributed by atoms with Crippen LogP contribution < -0.4 is 0 Å². The van der Waals surface area contributed by atoms with E-state index in [1.165, 1.54) is 5.56 Å². The van der Waals surface area contributed by atoms with Crippen molar-refractivity contribution in [1.82, 2.24) is 4.90 Å². The molecule has 0 amide bonds. The number of benzene rings is 1. The molecule has 2 aromatic rings. The van der Waals surface area contributed by atoms with Crippen molar-refractivity contribution in [1.29, 1.82) is 0 Å². The first-order valence-corrected chi connectivity index (χ1v) is 7.61. The Labute approximate surface area is 123 Å². The Kier molecular flexibility index (Phi) is 5.40. The fraction of sp³-hybridized carbons (Fsp3) is 0.333. The van der Waals surface area contributed by atoms with Crippen molar-refractivity contribution in [3.63, 3.8) is 0 Å². The second kappa shape index (κ2) is 7.06. The molecule has 0 saturated carbocycles. The minimum Gasteiger partial charge on any atom is -0.387 e. The highest BCUT2D eigenvalue weighted by molar-refractivity contribution is 7.08. The third-order valence-corrected chi connectivity index (χ3v) is 4.39.